The van der Waals surface area contributed by atoms with Crippen molar-refractivity contribution >= 4 is 17.5 Å². The van der Waals surface area contributed by atoms with Crippen molar-refractivity contribution in [1.82, 2.24) is 10.3 Å². The topological polar surface area (TPSA) is 44.9 Å². The molecule has 4 heteroatoms. The van der Waals surface area contributed by atoms with Crippen LogP contribution in [-0.4, -0.2) is 16.9 Å². The molecule has 0 radical (unpaired) electrons. The van der Waals surface area contributed by atoms with Gasteiger partial charge < -0.3 is 10.3 Å². The second-order valence-electron chi connectivity index (χ2n) is 3.22. The molecule has 0 aliphatic carbocycles. The van der Waals surface area contributed by atoms with Gasteiger partial charge in [0.05, 0.1) is 5.02 Å². The van der Waals surface area contributed by atoms with E-state index in [0.717, 1.165) is 12.8 Å². The van der Waals surface area contributed by atoms with Crippen LogP contribution in [0.15, 0.2) is 12.3 Å². The van der Waals surface area contributed by atoms with E-state index in [2.05, 4.69) is 24.1 Å². The second-order valence-corrected chi connectivity index (χ2v) is 3.65. The maximum atomic E-state index is 11.6. The Hall–Kier alpha value is -0.960. The van der Waals surface area contributed by atoms with Crippen LogP contribution in [0.1, 0.15) is 37.2 Å². The number of carbonyl (C=O) groups excluding carboxylic acids is 1. The highest BCUT2D eigenvalue weighted by Gasteiger charge is 2.11. The summed E-state index contributed by atoms with van der Waals surface area (Å²) in [5, 5.41) is 3.47. The van der Waals surface area contributed by atoms with E-state index >= 15 is 0 Å². The molecule has 1 heterocycles. The van der Waals surface area contributed by atoms with Crippen molar-refractivity contribution in [2.45, 2.75) is 32.7 Å². The Morgan fingerprint density at radius 3 is 2.64 bits per heavy atom. The number of halogens is 1. The van der Waals surface area contributed by atoms with Gasteiger partial charge in [0, 0.05) is 12.2 Å². The maximum absolute atomic E-state index is 11.6. The van der Waals surface area contributed by atoms with Crippen molar-refractivity contribution < 1.29 is 4.79 Å². The number of carbonyl (C=O) groups is 1. The molecule has 0 bridgehead atoms. The highest BCUT2D eigenvalue weighted by atomic mass is 35.5. The largest absolute Gasteiger partial charge is 0.356 e. The highest BCUT2D eigenvalue weighted by molar-refractivity contribution is 6.30. The summed E-state index contributed by atoms with van der Waals surface area (Å²) in [4.78, 5) is 14.4. The zero-order valence-corrected chi connectivity index (χ0v) is 9.19. The van der Waals surface area contributed by atoms with Crippen LogP contribution in [-0.2, 0) is 0 Å². The summed E-state index contributed by atoms with van der Waals surface area (Å²) in [5.74, 6) is -0.0920. The van der Waals surface area contributed by atoms with Gasteiger partial charge >= 0.3 is 0 Å². The molecule has 1 aromatic rings. The Morgan fingerprint density at radius 2 is 2.21 bits per heavy atom. The number of aromatic nitrogens is 1. The molecule has 0 unspecified atom stereocenters. The molecule has 14 heavy (non-hydrogen) atoms. The minimum absolute atomic E-state index is 0.0920. The van der Waals surface area contributed by atoms with Gasteiger partial charge in [-0.1, -0.05) is 25.4 Å². The normalized spacial score (nSPS) is 10.6. The number of hydrogen-bond donors (Lipinski definition) is 2. The molecule has 0 aliphatic heterocycles. The average molecular weight is 215 g/mol. The van der Waals surface area contributed by atoms with Crippen molar-refractivity contribution in [3.8, 4) is 0 Å². The predicted molar refractivity (Wildman–Crippen MR) is 57.6 cm³/mol. The molecule has 78 valence electrons. The Bertz CT molecular complexity index is 305. The first kappa shape index (κ1) is 11.1. The Balaban J connectivity index is 2.58. The lowest BCUT2D eigenvalue weighted by Gasteiger charge is -2.13. The molecule has 1 amide bonds. The third kappa shape index (κ3) is 2.77. The van der Waals surface area contributed by atoms with Gasteiger partial charge in [-0.3, -0.25) is 4.79 Å². The van der Waals surface area contributed by atoms with E-state index in [-0.39, 0.29) is 11.9 Å². The minimum Gasteiger partial charge on any atom is -0.356 e. The summed E-state index contributed by atoms with van der Waals surface area (Å²) in [7, 11) is 0. The van der Waals surface area contributed by atoms with Crippen LogP contribution < -0.4 is 5.32 Å². The fourth-order valence-electron chi connectivity index (χ4n) is 1.25. The molecular formula is C10H15ClN2O. The van der Waals surface area contributed by atoms with Crippen LogP contribution in [0.25, 0.3) is 0 Å². The van der Waals surface area contributed by atoms with Gasteiger partial charge in [0.25, 0.3) is 5.91 Å². The van der Waals surface area contributed by atoms with Crippen molar-refractivity contribution in [2.75, 3.05) is 0 Å². The van der Waals surface area contributed by atoms with Crippen LogP contribution in [0.4, 0.5) is 0 Å². The SMILES string of the molecule is CCC(CC)NC(=O)c1cc(Cl)c[nH]1. The predicted octanol–water partition coefficient (Wildman–Crippen LogP) is 2.59. The first-order valence-electron chi connectivity index (χ1n) is 4.82. The molecule has 0 aliphatic rings. The van der Waals surface area contributed by atoms with Gasteiger partial charge in [0.1, 0.15) is 5.69 Å². The Labute approximate surface area is 88.8 Å². The molecule has 1 rings (SSSR count). The van der Waals surface area contributed by atoms with Crippen molar-refractivity contribution in [2.24, 2.45) is 0 Å². The van der Waals surface area contributed by atoms with Crippen molar-refractivity contribution in [3.05, 3.63) is 23.0 Å². The van der Waals surface area contributed by atoms with Crippen LogP contribution in [0, 0.1) is 0 Å². The summed E-state index contributed by atoms with van der Waals surface area (Å²) in [5.41, 5.74) is 0.516. The van der Waals surface area contributed by atoms with Crippen molar-refractivity contribution in [3.63, 3.8) is 0 Å². The van der Waals surface area contributed by atoms with Gasteiger partial charge in [-0.05, 0) is 18.9 Å². The standard InChI is InChI=1S/C10H15ClN2O/c1-3-8(4-2)13-10(14)9-5-7(11)6-12-9/h5-6,8,12H,3-4H2,1-2H3,(H,13,14). The van der Waals surface area contributed by atoms with E-state index in [1.807, 2.05) is 0 Å². The van der Waals surface area contributed by atoms with E-state index in [1.165, 1.54) is 0 Å². The van der Waals surface area contributed by atoms with E-state index in [1.54, 1.807) is 12.3 Å². The molecule has 2 N–H and O–H groups in total. The van der Waals surface area contributed by atoms with Gasteiger partial charge in [-0.25, -0.2) is 0 Å². The Kier molecular flexibility index (Phi) is 4.01. The monoisotopic (exact) mass is 214 g/mol. The third-order valence-electron chi connectivity index (χ3n) is 2.21. The van der Waals surface area contributed by atoms with Crippen molar-refractivity contribution in [1.29, 1.82) is 0 Å². The smallest absolute Gasteiger partial charge is 0.267 e. The fourth-order valence-corrected chi connectivity index (χ4v) is 1.42. The average Bonchev–Trinajstić information content (AvgIpc) is 2.61. The zero-order valence-electron chi connectivity index (χ0n) is 8.43. The van der Waals surface area contributed by atoms with Gasteiger partial charge in [0.15, 0.2) is 0 Å². The van der Waals surface area contributed by atoms with Gasteiger partial charge in [-0.2, -0.15) is 0 Å². The maximum Gasteiger partial charge on any atom is 0.267 e. The van der Waals surface area contributed by atoms with E-state index in [4.69, 9.17) is 11.6 Å². The summed E-state index contributed by atoms with van der Waals surface area (Å²) in [6.07, 6.45) is 3.48. The lowest BCUT2D eigenvalue weighted by molar-refractivity contribution is 0.0930. The highest BCUT2D eigenvalue weighted by Crippen LogP contribution is 2.09. The van der Waals surface area contributed by atoms with Gasteiger partial charge in [0.2, 0.25) is 0 Å². The van der Waals surface area contributed by atoms with Crippen LogP contribution >= 0.6 is 11.6 Å². The first-order valence-corrected chi connectivity index (χ1v) is 5.20. The molecule has 0 spiro atoms. The summed E-state index contributed by atoms with van der Waals surface area (Å²) in [6, 6.07) is 1.86. The minimum atomic E-state index is -0.0920. The third-order valence-corrected chi connectivity index (χ3v) is 2.43. The van der Waals surface area contributed by atoms with E-state index in [9.17, 15) is 4.79 Å². The van der Waals surface area contributed by atoms with E-state index < -0.39 is 0 Å². The molecule has 0 aromatic carbocycles. The lowest BCUT2D eigenvalue weighted by Crippen LogP contribution is -2.33. The molecule has 0 saturated heterocycles. The molecule has 0 atom stereocenters. The molecule has 0 fully saturated rings. The summed E-state index contributed by atoms with van der Waals surface area (Å²) < 4.78 is 0. The number of nitrogens with one attached hydrogen (secondary N) is 2. The van der Waals surface area contributed by atoms with Crippen LogP contribution in [0.2, 0.25) is 5.02 Å². The number of hydrogen-bond acceptors (Lipinski definition) is 1. The number of rotatable bonds is 4. The first-order chi connectivity index (χ1) is 6.67. The zero-order chi connectivity index (χ0) is 10.6. The second kappa shape index (κ2) is 5.05. The van der Waals surface area contributed by atoms with Crippen LogP contribution in [0.5, 0.6) is 0 Å². The lowest BCUT2D eigenvalue weighted by atomic mass is 10.1. The molecular weight excluding hydrogens is 200 g/mol. The number of H-pyrrole nitrogens is 1. The summed E-state index contributed by atoms with van der Waals surface area (Å²) >= 11 is 5.70. The Morgan fingerprint density at radius 1 is 1.57 bits per heavy atom. The van der Waals surface area contributed by atoms with E-state index in [0.29, 0.717) is 10.7 Å². The summed E-state index contributed by atoms with van der Waals surface area (Å²) in [6.45, 7) is 4.10. The molecule has 1 aromatic heterocycles. The number of aromatic amines is 1. The fraction of sp³-hybridized carbons (Fsp3) is 0.500. The van der Waals surface area contributed by atoms with Crippen LogP contribution in [0.3, 0.4) is 0 Å². The quantitative estimate of drug-likeness (QED) is 0.795. The molecule has 0 saturated carbocycles. The van der Waals surface area contributed by atoms with Gasteiger partial charge in [-0.15, -0.1) is 0 Å². The number of amides is 1. The molecule has 3 nitrogen and oxygen atoms in total.